The van der Waals surface area contributed by atoms with E-state index in [4.69, 9.17) is 4.74 Å². The van der Waals surface area contributed by atoms with Crippen molar-refractivity contribution in [2.24, 2.45) is 0 Å². The molecule has 0 radical (unpaired) electrons. The molecular formula is C23H27NO4S2. The van der Waals surface area contributed by atoms with Gasteiger partial charge in [-0.15, -0.1) is 11.8 Å². The topological polar surface area (TPSA) is 63.7 Å². The third-order valence-electron chi connectivity index (χ3n) is 5.68. The molecule has 3 atom stereocenters. The molecule has 5 nitrogen and oxygen atoms in total. The number of thioether (sulfide) groups is 1. The molecule has 0 bridgehead atoms. The molecule has 2 aliphatic heterocycles. The zero-order valence-corrected chi connectivity index (χ0v) is 18.5. The van der Waals surface area contributed by atoms with Crippen LogP contribution in [0.1, 0.15) is 30.1 Å². The highest BCUT2D eigenvalue weighted by atomic mass is 32.2. The first kappa shape index (κ1) is 21.4. The first-order valence-electron chi connectivity index (χ1n) is 10.4. The number of ether oxygens (including phenoxy) is 1. The first-order chi connectivity index (χ1) is 14.5. The Hall–Kier alpha value is -1.83. The van der Waals surface area contributed by atoms with Crippen molar-refractivity contribution in [3.63, 3.8) is 0 Å². The van der Waals surface area contributed by atoms with Gasteiger partial charge in [0.2, 0.25) is 5.91 Å². The predicted octanol–water partition coefficient (Wildman–Crippen LogP) is 3.71. The Kier molecular flexibility index (Phi) is 6.80. The minimum absolute atomic E-state index is 0.0181. The minimum Gasteiger partial charge on any atom is -0.376 e. The smallest absolute Gasteiger partial charge is 0.240 e. The van der Waals surface area contributed by atoms with Gasteiger partial charge in [0.25, 0.3) is 0 Å². The van der Waals surface area contributed by atoms with E-state index >= 15 is 0 Å². The van der Waals surface area contributed by atoms with E-state index < -0.39 is 15.1 Å². The van der Waals surface area contributed by atoms with Crippen LogP contribution in [0.25, 0.3) is 0 Å². The summed E-state index contributed by atoms with van der Waals surface area (Å²) in [7, 11) is -3.10. The molecule has 2 aromatic rings. The van der Waals surface area contributed by atoms with Crippen molar-refractivity contribution in [3.05, 3.63) is 66.2 Å². The summed E-state index contributed by atoms with van der Waals surface area (Å²) in [5, 5.41) is -0.432. The molecule has 7 heteroatoms. The van der Waals surface area contributed by atoms with Gasteiger partial charge in [-0.2, -0.15) is 0 Å². The van der Waals surface area contributed by atoms with Crippen molar-refractivity contribution < 1.29 is 17.9 Å². The SMILES string of the molecule is O=C([C@H](Sc1ccccc1)c1ccccc1)N(C[C@H]1CCCO1)[C@@H]1CCS(=O)(=O)C1. The van der Waals surface area contributed by atoms with Crippen LogP contribution >= 0.6 is 11.8 Å². The molecule has 30 heavy (non-hydrogen) atoms. The summed E-state index contributed by atoms with van der Waals surface area (Å²) in [6.07, 6.45) is 2.37. The maximum Gasteiger partial charge on any atom is 0.240 e. The van der Waals surface area contributed by atoms with Gasteiger partial charge in [-0.25, -0.2) is 8.42 Å². The number of amides is 1. The summed E-state index contributed by atoms with van der Waals surface area (Å²) in [6.45, 7) is 1.16. The number of carbonyl (C=O) groups excluding carboxylic acids is 1. The Morgan fingerprint density at radius 1 is 1.07 bits per heavy atom. The Balaban J connectivity index is 1.64. The molecule has 2 aromatic carbocycles. The van der Waals surface area contributed by atoms with Gasteiger partial charge in [0.1, 0.15) is 5.25 Å². The quantitative estimate of drug-likeness (QED) is 0.608. The highest BCUT2D eigenvalue weighted by Gasteiger charge is 2.39. The molecule has 0 saturated carbocycles. The van der Waals surface area contributed by atoms with Crippen LogP contribution in [0.2, 0.25) is 0 Å². The molecule has 2 aliphatic rings. The van der Waals surface area contributed by atoms with E-state index in [0.717, 1.165) is 23.3 Å². The summed E-state index contributed by atoms with van der Waals surface area (Å²) >= 11 is 1.51. The highest BCUT2D eigenvalue weighted by Crippen LogP contribution is 2.38. The van der Waals surface area contributed by atoms with Crippen LogP contribution in [-0.4, -0.2) is 56.0 Å². The van der Waals surface area contributed by atoms with Gasteiger partial charge >= 0.3 is 0 Å². The molecule has 0 unspecified atom stereocenters. The van der Waals surface area contributed by atoms with Crippen LogP contribution in [0.5, 0.6) is 0 Å². The standard InChI is InChI=1S/C23H27NO4S2/c25-23(22(18-8-3-1-4-9-18)29-21-11-5-2-6-12-21)24(16-20-10-7-14-28-20)19-13-15-30(26,27)17-19/h1-6,8-9,11-12,19-20,22H,7,10,13-17H2/t19-,20-,22-/m1/s1. The van der Waals surface area contributed by atoms with Crippen LogP contribution in [0, 0.1) is 0 Å². The lowest BCUT2D eigenvalue weighted by molar-refractivity contribution is -0.134. The normalized spacial score (nSPS) is 23.9. The average Bonchev–Trinajstić information content (AvgIpc) is 3.40. The van der Waals surface area contributed by atoms with Gasteiger partial charge in [0.05, 0.1) is 17.6 Å². The predicted molar refractivity (Wildman–Crippen MR) is 119 cm³/mol. The number of hydrogen-bond acceptors (Lipinski definition) is 5. The lowest BCUT2D eigenvalue weighted by Gasteiger charge is -2.33. The second-order valence-corrected chi connectivity index (χ2v) is 11.3. The largest absolute Gasteiger partial charge is 0.376 e. The number of sulfone groups is 1. The molecule has 0 aliphatic carbocycles. The van der Waals surface area contributed by atoms with Crippen LogP contribution in [0.15, 0.2) is 65.6 Å². The van der Waals surface area contributed by atoms with E-state index in [9.17, 15) is 13.2 Å². The van der Waals surface area contributed by atoms with Gasteiger partial charge < -0.3 is 9.64 Å². The van der Waals surface area contributed by atoms with Crippen molar-refractivity contribution in [1.82, 2.24) is 4.90 Å². The Morgan fingerprint density at radius 3 is 2.37 bits per heavy atom. The number of benzene rings is 2. The Bertz CT molecular complexity index is 944. The van der Waals surface area contributed by atoms with E-state index in [2.05, 4.69) is 0 Å². The van der Waals surface area contributed by atoms with E-state index in [1.165, 1.54) is 11.8 Å². The maximum atomic E-state index is 13.9. The second kappa shape index (κ2) is 9.54. The maximum absolute atomic E-state index is 13.9. The Labute approximate surface area is 182 Å². The molecule has 2 saturated heterocycles. The van der Waals surface area contributed by atoms with Crippen molar-refractivity contribution >= 4 is 27.5 Å². The van der Waals surface area contributed by atoms with Crippen molar-refractivity contribution in [1.29, 1.82) is 0 Å². The van der Waals surface area contributed by atoms with Crippen LogP contribution in [0.3, 0.4) is 0 Å². The molecule has 160 valence electrons. The van der Waals surface area contributed by atoms with Gasteiger partial charge in [0.15, 0.2) is 9.84 Å². The third-order valence-corrected chi connectivity index (χ3v) is 8.68. The zero-order chi connectivity index (χ0) is 21.0. The van der Waals surface area contributed by atoms with Crippen LogP contribution in [0.4, 0.5) is 0 Å². The lowest BCUT2D eigenvalue weighted by Crippen LogP contribution is -2.46. The number of carbonyl (C=O) groups is 1. The zero-order valence-electron chi connectivity index (χ0n) is 16.9. The van der Waals surface area contributed by atoms with Crippen molar-refractivity contribution in [3.8, 4) is 0 Å². The molecule has 4 rings (SSSR count). The van der Waals surface area contributed by atoms with Crippen molar-refractivity contribution in [2.45, 2.75) is 41.6 Å². The fraction of sp³-hybridized carbons (Fsp3) is 0.435. The van der Waals surface area contributed by atoms with Crippen LogP contribution < -0.4 is 0 Å². The highest BCUT2D eigenvalue weighted by molar-refractivity contribution is 8.00. The fourth-order valence-electron chi connectivity index (χ4n) is 4.12. The van der Waals surface area contributed by atoms with Gasteiger partial charge in [-0.3, -0.25) is 4.79 Å². The molecule has 1 amide bonds. The first-order valence-corrected chi connectivity index (χ1v) is 13.1. The molecular weight excluding hydrogens is 418 g/mol. The second-order valence-electron chi connectivity index (χ2n) is 7.90. The lowest BCUT2D eigenvalue weighted by atomic mass is 10.1. The van der Waals surface area contributed by atoms with E-state index in [1.54, 1.807) is 4.90 Å². The Morgan fingerprint density at radius 2 is 1.77 bits per heavy atom. The minimum atomic E-state index is -3.10. The van der Waals surface area contributed by atoms with E-state index in [0.29, 0.717) is 19.6 Å². The molecule has 0 aromatic heterocycles. The van der Waals surface area contributed by atoms with Crippen molar-refractivity contribution in [2.75, 3.05) is 24.7 Å². The summed E-state index contributed by atoms with van der Waals surface area (Å²) < 4.78 is 30.1. The summed E-state index contributed by atoms with van der Waals surface area (Å²) in [6, 6.07) is 19.3. The van der Waals surface area contributed by atoms with Gasteiger partial charge in [0, 0.05) is 24.1 Å². The fourth-order valence-corrected chi connectivity index (χ4v) is 6.97. The van der Waals surface area contributed by atoms with Gasteiger partial charge in [-0.05, 0) is 37.0 Å². The summed E-state index contributed by atoms with van der Waals surface area (Å²) in [5.41, 5.74) is 0.926. The molecule has 0 N–H and O–H groups in total. The third kappa shape index (κ3) is 5.25. The summed E-state index contributed by atoms with van der Waals surface area (Å²) in [4.78, 5) is 16.7. The van der Waals surface area contributed by atoms with Gasteiger partial charge in [-0.1, -0.05) is 48.5 Å². The monoisotopic (exact) mass is 445 g/mol. The number of rotatable bonds is 7. The van der Waals surface area contributed by atoms with Crippen LogP contribution in [-0.2, 0) is 19.4 Å². The molecule has 0 spiro atoms. The summed E-state index contributed by atoms with van der Waals surface area (Å²) in [5.74, 6) is 0.158. The molecule has 2 fully saturated rings. The number of hydrogen-bond donors (Lipinski definition) is 0. The number of nitrogens with zero attached hydrogens (tertiary/aromatic N) is 1. The van der Waals surface area contributed by atoms with E-state index in [1.807, 2.05) is 60.7 Å². The van der Waals surface area contributed by atoms with E-state index in [-0.39, 0.29) is 29.6 Å². The molecule has 2 heterocycles. The average molecular weight is 446 g/mol.